The van der Waals surface area contributed by atoms with Crippen molar-refractivity contribution in [3.63, 3.8) is 0 Å². The van der Waals surface area contributed by atoms with Gasteiger partial charge in [0.2, 0.25) is 5.91 Å². The van der Waals surface area contributed by atoms with Gasteiger partial charge in [-0.2, -0.15) is 0 Å². The minimum absolute atomic E-state index is 0.00497. The first kappa shape index (κ1) is 15.7. The Morgan fingerprint density at radius 1 is 1.21 bits per heavy atom. The van der Waals surface area contributed by atoms with Crippen molar-refractivity contribution in [3.8, 4) is 0 Å². The van der Waals surface area contributed by atoms with Gasteiger partial charge < -0.3 is 11.1 Å². The van der Waals surface area contributed by atoms with Gasteiger partial charge in [0, 0.05) is 18.0 Å². The van der Waals surface area contributed by atoms with Crippen LogP contribution in [-0.4, -0.2) is 18.5 Å². The molecular formula is C16H26N2O. The Bertz CT molecular complexity index is 424. The summed E-state index contributed by atoms with van der Waals surface area (Å²) >= 11 is 0. The number of rotatable bonds is 6. The molecule has 1 aromatic carbocycles. The Hall–Kier alpha value is -1.35. The van der Waals surface area contributed by atoms with Crippen LogP contribution in [0.1, 0.15) is 40.2 Å². The Kier molecular flexibility index (Phi) is 4.75. The molecule has 0 heterocycles. The molecule has 3 heteroatoms. The second-order valence-electron chi connectivity index (χ2n) is 6.44. The van der Waals surface area contributed by atoms with Gasteiger partial charge in [-0.3, -0.25) is 4.79 Å². The summed E-state index contributed by atoms with van der Waals surface area (Å²) in [5.74, 6) is -0.273. The number of hydrogen-bond donors (Lipinski definition) is 2. The third-order valence-electron chi connectivity index (χ3n) is 4.12. The third kappa shape index (κ3) is 3.80. The molecule has 1 atom stereocenters. The van der Waals surface area contributed by atoms with Crippen molar-refractivity contribution in [1.29, 1.82) is 0 Å². The highest BCUT2D eigenvalue weighted by Gasteiger charge is 2.31. The molecule has 0 aliphatic carbocycles. The largest absolute Gasteiger partial charge is 0.369 e. The molecule has 3 N–H and O–H groups in total. The van der Waals surface area contributed by atoms with Crippen LogP contribution in [0.25, 0.3) is 0 Å². The average Bonchev–Trinajstić information content (AvgIpc) is 2.36. The van der Waals surface area contributed by atoms with Crippen LogP contribution in [0, 0.1) is 5.41 Å². The topological polar surface area (TPSA) is 55.1 Å². The summed E-state index contributed by atoms with van der Waals surface area (Å²) in [4.78, 5) is 11.3. The first-order chi connectivity index (χ1) is 8.68. The summed E-state index contributed by atoms with van der Waals surface area (Å²) in [6.07, 6.45) is 0. The molecule has 0 bridgehead atoms. The molecule has 1 amide bonds. The van der Waals surface area contributed by atoms with Gasteiger partial charge in [-0.25, -0.2) is 0 Å². The first-order valence-electron chi connectivity index (χ1n) is 6.77. The van der Waals surface area contributed by atoms with Crippen LogP contribution in [0.3, 0.4) is 0 Å². The quantitative estimate of drug-likeness (QED) is 0.827. The number of benzene rings is 1. The molecule has 0 fully saturated rings. The lowest BCUT2D eigenvalue weighted by molar-refractivity contribution is -0.125. The van der Waals surface area contributed by atoms with E-state index in [-0.39, 0.29) is 17.4 Å². The van der Waals surface area contributed by atoms with Crippen molar-refractivity contribution < 1.29 is 4.79 Å². The van der Waals surface area contributed by atoms with Gasteiger partial charge in [0.05, 0.1) is 5.41 Å². The average molecular weight is 262 g/mol. The van der Waals surface area contributed by atoms with Crippen LogP contribution < -0.4 is 11.1 Å². The first-order valence-corrected chi connectivity index (χ1v) is 6.77. The highest BCUT2D eigenvalue weighted by Crippen LogP contribution is 2.27. The fraction of sp³-hybridized carbons (Fsp3) is 0.562. The van der Waals surface area contributed by atoms with E-state index >= 15 is 0 Å². The normalized spacial score (nSPS) is 14.2. The van der Waals surface area contributed by atoms with E-state index in [0.717, 1.165) is 0 Å². The molecule has 0 radical (unpaired) electrons. The highest BCUT2D eigenvalue weighted by atomic mass is 16.1. The zero-order chi connectivity index (χ0) is 14.7. The Balaban J connectivity index is 2.73. The monoisotopic (exact) mass is 262 g/mol. The van der Waals surface area contributed by atoms with E-state index < -0.39 is 5.41 Å². The maximum absolute atomic E-state index is 11.3. The van der Waals surface area contributed by atoms with Crippen molar-refractivity contribution in [2.75, 3.05) is 6.54 Å². The SMILES string of the molecule is C[C@@H](NCC(C)(C)C(N)=O)C(C)(C)c1ccccc1. The van der Waals surface area contributed by atoms with Crippen LogP contribution >= 0.6 is 0 Å². The molecule has 0 saturated heterocycles. The van der Waals surface area contributed by atoms with Crippen LogP contribution in [0.2, 0.25) is 0 Å². The minimum Gasteiger partial charge on any atom is -0.369 e. The molecule has 1 aromatic rings. The molecule has 0 spiro atoms. The van der Waals surface area contributed by atoms with Gasteiger partial charge in [-0.15, -0.1) is 0 Å². The summed E-state index contributed by atoms with van der Waals surface area (Å²) in [7, 11) is 0. The molecule has 0 aliphatic rings. The van der Waals surface area contributed by atoms with Crippen molar-refractivity contribution in [3.05, 3.63) is 35.9 Å². The molecular weight excluding hydrogens is 236 g/mol. The molecule has 3 nitrogen and oxygen atoms in total. The van der Waals surface area contributed by atoms with Gasteiger partial charge in [-0.05, 0) is 26.3 Å². The second-order valence-corrected chi connectivity index (χ2v) is 6.44. The van der Waals surface area contributed by atoms with E-state index in [1.165, 1.54) is 5.56 Å². The fourth-order valence-corrected chi connectivity index (χ4v) is 1.87. The lowest BCUT2D eigenvalue weighted by Crippen LogP contribution is -2.49. The van der Waals surface area contributed by atoms with Crippen molar-refractivity contribution in [2.24, 2.45) is 11.1 Å². The maximum Gasteiger partial charge on any atom is 0.224 e. The minimum atomic E-state index is -0.527. The van der Waals surface area contributed by atoms with Gasteiger partial charge in [-0.1, -0.05) is 44.2 Å². The van der Waals surface area contributed by atoms with Gasteiger partial charge in [0.25, 0.3) is 0 Å². The van der Waals surface area contributed by atoms with Crippen molar-refractivity contribution in [2.45, 2.75) is 46.1 Å². The standard InChI is InChI=1S/C16H26N2O/c1-12(18-11-15(2,3)14(17)19)16(4,5)13-9-7-6-8-10-13/h6-10,12,18H,11H2,1-5H3,(H2,17,19)/t12-/m1/s1. The smallest absolute Gasteiger partial charge is 0.224 e. The molecule has 19 heavy (non-hydrogen) atoms. The molecule has 106 valence electrons. The lowest BCUT2D eigenvalue weighted by atomic mass is 9.78. The fourth-order valence-electron chi connectivity index (χ4n) is 1.87. The number of carbonyl (C=O) groups is 1. The van der Waals surface area contributed by atoms with Crippen LogP contribution in [0.15, 0.2) is 30.3 Å². The van der Waals surface area contributed by atoms with E-state index in [2.05, 4.69) is 50.4 Å². The number of nitrogens with two attached hydrogens (primary N) is 1. The molecule has 0 saturated carbocycles. The molecule has 0 aromatic heterocycles. The Morgan fingerprint density at radius 3 is 2.21 bits per heavy atom. The van der Waals surface area contributed by atoms with E-state index in [0.29, 0.717) is 6.54 Å². The van der Waals surface area contributed by atoms with Crippen LogP contribution in [0.4, 0.5) is 0 Å². The number of hydrogen-bond acceptors (Lipinski definition) is 2. The van der Waals surface area contributed by atoms with E-state index in [1.807, 2.05) is 19.9 Å². The van der Waals surface area contributed by atoms with Crippen molar-refractivity contribution >= 4 is 5.91 Å². The number of carbonyl (C=O) groups excluding carboxylic acids is 1. The molecule has 0 unspecified atom stereocenters. The summed E-state index contributed by atoms with van der Waals surface area (Å²) in [6, 6.07) is 10.6. The number of nitrogens with one attached hydrogen (secondary N) is 1. The lowest BCUT2D eigenvalue weighted by Gasteiger charge is -2.35. The predicted molar refractivity (Wildman–Crippen MR) is 79.9 cm³/mol. The third-order valence-corrected chi connectivity index (χ3v) is 4.12. The van der Waals surface area contributed by atoms with Crippen LogP contribution in [-0.2, 0) is 10.2 Å². The zero-order valence-electron chi connectivity index (χ0n) is 12.7. The summed E-state index contributed by atoms with van der Waals surface area (Å²) in [6.45, 7) is 10.9. The predicted octanol–water partition coefficient (Wildman–Crippen LogP) is 2.45. The van der Waals surface area contributed by atoms with Crippen LogP contribution in [0.5, 0.6) is 0 Å². The molecule has 0 aliphatic heterocycles. The van der Waals surface area contributed by atoms with Crippen molar-refractivity contribution in [1.82, 2.24) is 5.32 Å². The Labute approximate surface area is 116 Å². The van der Waals surface area contributed by atoms with Gasteiger partial charge in [0.15, 0.2) is 0 Å². The van der Waals surface area contributed by atoms with E-state index in [1.54, 1.807) is 0 Å². The maximum atomic E-state index is 11.3. The van der Waals surface area contributed by atoms with E-state index in [4.69, 9.17) is 5.73 Å². The Morgan fingerprint density at radius 2 is 1.74 bits per heavy atom. The van der Waals surface area contributed by atoms with E-state index in [9.17, 15) is 4.79 Å². The second kappa shape index (κ2) is 5.74. The number of amides is 1. The highest BCUT2D eigenvalue weighted by molar-refractivity contribution is 5.80. The summed E-state index contributed by atoms with van der Waals surface area (Å²) < 4.78 is 0. The van der Waals surface area contributed by atoms with Gasteiger partial charge >= 0.3 is 0 Å². The van der Waals surface area contributed by atoms with Gasteiger partial charge in [0.1, 0.15) is 0 Å². The molecule has 1 rings (SSSR count). The summed E-state index contributed by atoms with van der Waals surface area (Å²) in [5, 5.41) is 3.44. The summed E-state index contributed by atoms with van der Waals surface area (Å²) in [5.41, 5.74) is 6.15. The zero-order valence-corrected chi connectivity index (χ0v) is 12.7. The number of primary amides is 1.